The van der Waals surface area contributed by atoms with E-state index in [-0.39, 0.29) is 0 Å². The summed E-state index contributed by atoms with van der Waals surface area (Å²) in [5.74, 6) is 1.14. The molecule has 0 fully saturated rings. The van der Waals surface area contributed by atoms with Crippen LogP contribution in [0.1, 0.15) is 25.7 Å². The minimum absolute atomic E-state index is 0.476. The van der Waals surface area contributed by atoms with E-state index in [1.165, 1.54) is 0 Å². The van der Waals surface area contributed by atoms with Crippen molar-refractivity contribution in [3.8, 4) is 11.6 Å². The first-order chi connectivity index (χ1) is 9.29. The number of rotatable bonds is 7. The van der Waals surface area contributed by atoms with E-state index in [2.05, 4.69) is 43.4 Å². The average molecular weight is 325 g/mol. The van der Waals surface area contributed by atoms with Crippen LogP contribution in [0, 0.1) is 0 Å². The summed E-state index contributed by atoms with van der Waals surface area (Å²) >= 11 is 3.34. The fourth-order valence-electron chi connectivity index (χ4n) is 1.63. The van der Waals surface area contributed by atoms with Crippen LogP contribution in [0.3, 0.4) is 0 Å². The van der Waals surface area contributed by atoms with E-state index in [1.54, 1.807) is 6.20 Å². The van der Waals surface area contributed by atoms with Gasteiger partial charge in [-0.2, -0.15) is 0 Å². The monoisotopic (exact) mass is 324 g/mol. The number of hydrogen-bond donors (Lipinski definition) is 1. The molecule has 2 heterocycles. The van der Waals surface area contributed by atoms with Crippen molar-refractivity contribution in [2.24, 2.45) is 0 Å². The first-order valence-electron chi connectivity index (χ1n) is 6.44. The topological polar surface area (TPSA) is 63.8 Å². The molecular weight excluding hydrogens is 308 g/mol. The summed E-state index contributed by atoms with van der Waals surface area (Å²) in [6.07, 6.45) is 4.66. The van der Waals surface area contributed by atoms with E-state index < -0.39 is 0 Å². The Hall–Kier alpha value is -1.27. The van der Waals surface area contributed by atoms with Gasteiger partial charge in [-0.15, -0.1) is 10.2 Å². The number of aromatic nitrogens is 3. The first-order valence-corrected chi connectivity index (χ1v) is 7.24. The third-order valence-corrected chi connectivity index (χ3v) is 3.05. The minimum Gasteiger partial charge on any atom is -0.419 e. The summed E-state index contributed by atoms with van der Waals surface area (Å²) in [6, 6.07) is 3.76. The lowest BCUT2D eigenvalue weighted by Crippen LogP contribution is -2.16. The molecule has 0 unspecified atom stereocenters. The highest BCUT2D eigenvalue weighted by atomic mass is 79.9. The molecule has 0 amide bonds. The molecule has 6 heteroatoms. The standard InChI is InChI=1S/C13H17BrN4O/c1-2-7-15-8-3-4-12-17-18-13(19-12)11-6-5-10(14)9-16-11/h5-6,9,15H,2-4,7-8H2,1H3. The summed E-state index contributed by atoms with van der Waals surface area (Å²) in [5, 5.41) is 11.4. The molecule has 1 N–H and O–H groups in total. The molecule has 2 rings (SSSR count). The molecule has 0 spiro atoms. The Morgan fingerprint density at radius 3 is 2.89 bits per heavy atom. The van der Waals surface area contributed by atoms with Gasteiger partial charge in [-0.25, -0.2) is 4.98 Å². The zero-order valence-electron chi connectivity index (χ0n) is 10.9. The Morgan fingerprint density at radius 2 is 2.16 bits per heavy atom. The maximum atomic E-state index is 5.59. The van der Waals surface area contributed by atoms with Gasteiger partial charge in [-0.3, -0.25) is 0 Å². The van der Waals surface area contributed by atoms with Crippen LogP contribution in [0.5, 0.6) is 0 Å². The summed E-state index contributed by atoms with van der Waals surface area (Å²) in [5.41, 5.74) is 0.700. The zero-order valence-corrected chi connectivity index (χ0v) is 12.5. The molecule has 5 nitrogen and oxygen atoms in total. The molecule has 0 aromatic carbocycles. The van der Waals surface area contributed by atoms with Crippen molar-refractivity contribution in [3.05, 3.63) is 28.7 Å². The quantitative estimate of drug-likeness (QED) is 0.793. The lowest BCUT2D eigenvalue weighted by atomic mass is 10.3. The molecule has 0 atom stereocenters. The second kappa shape index (κ2) is 7.35. The molecule has 102 valence electrons. The van der Waals surface area contributed by atoms with Gasteiger partial charge in [-0.1, -0.05) is 6.92 Å². The predicted octanol–water partition coefficient (Wildman–Crippen LogP) is 2.83. The van der Waals surface area contributed by atoms with Gasteiger partial charge in [0, 0.05) is 17.1 Å². The molecule has 0 bridgehead atoms. The third kappa shape index (κ3) is 4.40. The molecule has 0 radical (unpaired) electrons. The maximum absolute atomic E-state index is 5.59. The van der Waals surface area contributed by atoms with Gasteiger partial charge in [0.05, 0.1) is 0 Å². The van der Waals surface area contributed by atoms with E-state index in [1.807, 2.05) is 12.1 Å². The number of aryl methyl sites for hydroxylation is 1. The van der Waals surface area contributed by atoms with Gasteiger partial charge in [0.1, 0.15) is 5.69 Å². The first kappa shape index (κ1) is 14.1. The van der Waals surface area contributed by atoms with E-state index in [0.717, 1.165) is 36.8 Å². The molecule has 0 aliphatic rings. The number of halogens is 1. The van der Waals surface area contributed by atoms with E-state index in [9.17, 15) is 0 Å². The van der Waals surface area contributed by atoms with Crippen molar-refractivity contribution in [1.29, 1.82) is 0 Å². The fourth-order valence-corrected chi connectivity index (χ4v) is 1.86. The second-order valence-corrected chi connectivity index (χ2v) is 5.13. The van der Waals surface area contributed by atoms with Gasteiger partial charge in [-0.05, 0) is 54.0 Å². The highest BCUT2D eigenvalue weighted by Gasteiger charge is 2.09. The van der Waals surface area contributed by atoms with Gasteiger partial charge >= 0.3 is 0 Å². The second-order valence-electron chi connectivity index (χ2n) is 4.22. The van der Waals surface area contributed by atoms with Gasteiger partial charge in [0.2, 0.25) is 5.89 Å². The highest BCUT2D eigenvalue weighted by Crippen LogP contribution is 2.17. The summed E-state index contributed by atoms with van der Waals surface area (Å²) in [7, 11) is 0. The number of nitrogens with one attached hydrogen (secondary N) is 1. The van der Waals surface area contributed by atoms with Crippen LogP contribution >= 0.6 is 15.9 Å². The van der Waals surface area contributed by atoms with Crippen LogP contribution in [0.4, 0.5) is 0 Å². The molecule has 0 aliphatic carbocycles. The predicted molar refractivity (Wildman–Crippen MR) is 76.7 cm³/mol. The molecule has 2 aromatic rings. The minimum atomic E-state index is 0.476. The van der Waals surface area contributed by atoms with Crippen molar-refractivity contribution in [3.63, 3.8) is 0 Å². The van der Waals surface area contributed by atoms with E-state index >= 15 is 0 Å². The van der Waals surface area contributed by atoms with Crippen LogP contribution in [0.2, 0.25) is 0 Å². The van der Waals surface area contributed by atoms with Crippen LogP contribution in [0.25, 0.3) is 11.6 Å². The maximum Gasteiger partial charge on any atom is 0.266 e. The lowest BCUT2D eigenvalue weighted by molar-refractivity contribution is 0.490. The number of hydrogen-bond acceptors (Lipinski definition) is 5. The van der Waals surface area contributed by atoms with Crippen molar-refractivity contribution in [2.45, 2.75) is 26.2 Å². The Labute approximate surface area is 121 Å². The molecule has 0 aliphatic heterocycles. The summed E-state index contributed by atoms with van der Waals surface area (Å²) in [4.78, 5) is 4.23. The molecule has 2 aromatic heterocycles. The van der Waals surface area contributed by atoms with Gasteiger partial charge < -0.3 is 9.73 Å². The molecule has 0 saturated heterocycles. The largest absolute Gasteiger partial charge is 0.419 e. The zero-order chi connectivity index (χ0) is 13.5. The van der Waals surface area contributed by atoms with Gasteiger partial charge in [0.15, 0.2) is 0 Å². The normalized spacial score (nSPS) is 10.8. The van der Waals surface area contributed by atoms with Crippen molar-refractivity contribution < 1.29 is 4.42 Å². The number of nitrogens with zero attached hydrogens (tertiary/aromatic N) is 3. The Morgan fingerprint density at radius 1 is 1.26 bits per heavy atom. The Balaban J connectivity index is 1.86. The molecular formula is C13H17BrN4O. The summed E-state index contributed by atoms with van der Waals surface area (Å²) < 4.78 is 6.52. The summed E-state index contributed by atoms with van der Waals surface area (Å²) in [6.45, 7) is 4.18. The van der Waals surface area contributed by atoms with Crippen molar-refractivity contribution in [1.82, 2.24) is 20.5 Å². The average Bonchev–Trinajstić information content (AvgIpc) is 2.88. The fraction of sp³-hybridized carbons (Fsp3) is 0.462. The molecule has 19 heavy (non-hydrogen) atoms. The SMILES string of the molecule is CCCNCCCc1nnc(-c2ccc(Br)cn2)o1. The Kier molecular flexibility index (Phi) is 5.47. The van der Waals surface area contributed by atoms with Crippen LogP contribution in [-0.2, 0) is 6.42 Å². The third-order valence-electron chi connectivity index (χ3n) is 2.58. The Bertz CT molecular complexity index is 498. The number of pyridine rings is 1. The van der Waals surface area contributed by atoms with Crippen molar-refractivity contribution >= 4 is 15.9 Å². The highest BCUT2D eigenvalue weighted by molar-refractivity contribution is 9.10. The van der Waals surface area contributed by atoms with Crippen LogP contribution in [0.15, 0.2) is 27.2 Å². The smallest absolute Gasteiger partial charge is 0.266 e. The van der Waals surface area contributed by atoms with Crippen LogP contribution in [-0.4, -0.2) is 28.3 Å². The van der Waals surface area contributed by atoms with E-state index in [0.29, 0.717) is 17.5 Å². The van der Waals surface area contributed by atoms with E-state index in [4.69, 9.17) is 4.42 Å². The van der Waals surface area contributed by atoms with Crippen LogP contribution < -0.4 is 5.32 Å². The van der Waals surface area contributed by atoms with Gasteiger partial charge in [0.25, 0.3) is 5.89 Å². The molecule has 0 saturated carbocycles. The van der Waals surface area contributed by atoms with Crippen molar-refractivity contribution in [2.75, 3.05) is 13.1 Å². The lowest BCUT2D eigenvalue weighted by Gasteiger charge is -1.99.